The van der Waals surface area contributed by atoms with Crippen LogP contribution in [0.3, 0.4) is 0 Å². The van der Waals surface area contributed by atoms with Crippen LogP contribution < -0.4 is 10.6 Å². The molecule has 0 bridgehead atoms. The van der Waals surface area contributed by atoms with Gasteiger partial charge in [-0.3, -0.25) is 0 Å². The Morgan fingerprint density at radius 1 is 1.38 bits per heavy atom. The number of rotatable bonds is 6. The fourth-order valence-corrected chi connectivity index (χ4v) is 2.56. The SMILES string of the molecule is COC1(CNC(=O)NCC(O)c2cccc(C(F)(F)F)c2)CCC1. The zero-order chi connectivity index (χ0) is 17.8. The van der Waals surface area contributed by atoms with Crippen LogP contribution in [-0.2, 0) is 10.9 Å². The maximum absolute atomic E-state index is 12.7. The number of alkyl halides is 3. The van der Waals surface area contributed by atoms with E-state index in [0.717, 1.165) is 31.4 Å². The maximum atomic E-state index is 12.7. The molecule has 2 amide bonds. The monoisotopic (exact) mass is 346 g/mol. The Morgan fingerprint density at radius 3 is 2.62 bits per heavy atom. The molecular formula is C16H21F3N2O3. The van der Waals surface area contributed by atoms with Crippen LogP contribution in [0.4, 0.5) is 18.0 Å². The van der Waals surface area contributed by atoms with Crippen LogP contribution in [0.2, 0.25) is 0 Å². The molecule has 0 aromatic heterocycles. The van der Waals surface area contributed by atoms with Crippen LogP contribution >= 0.6 is 0 Å². The molecule has 1 unspecified atom stereocenters. The van der Waals surface area contributed by atoms with E-state index in [0.29, 0.717) is 6.54 Å². The number of carbonyl (C=O) groups excluding carboxylic acids is 1. The molecule has 5 nitrogen and oxygen atoms in total. The minimum Gasteiger partial charge on any atom is -0.387 e. The van der Waals surface area contributed by atoms with Crippen molar-refractivity contribution < 1.29 is 27.8 Å². The minimum atomic E-state index is -4.47. The van der Waals surface area contributed by atoms with Crippen LogP contribution in [0.15, 0.2) is 24.3 Å². The Labute approximate surface area is 138 Å². The van der Waals surface area contributed by atoms with Gasteiger partial charge in [-0.25, -0.2) is 4.79 Å². The third-order valence-electron chi connectivity index (χ3n) is 4.32. The molecule has 134 valence electrons. The van der Waals surface area contributed by atoms with Crippen molar-refractivity contribution in [3.63, 3.8) is 0 Å². The maximum Gasteiger partial charge on any atom is 0.416 e. The van der Waals surface area contributed by atoms with Gasteiger partial charge < -0.3 is 20.5 Å². The normalized spacial score (nSPS) is 17.7. The van der Waals surface area contributed by atoms with Crippen LogP contribution in [0.25, 0.3) is 0 Å². The summed E-state index contributed by atoms with van der Waals surface area (Å²) in [4.78, 5) is 11.7. The van der Waals surface area contributed by atoms with Crippen LogP contribution in [0.1, 0.15) is 36.5 Å². The highest BCUT2D eigenvalue weighted by molar-refractivity contribution is 5.74. The molecule has 1 saturated carbocycles. The van der Waals surface area contributed by atoms with E-state index in [1.807, 2.05) is 0 Å². The van der Waals surface area contributed by atoms with Crippen LogP contribution in [-0.4, -0.2) is 36.9 Å². The molecule has 0 spiro atoms. The Kier molecular flexibility index (Phi) is 5.71. The molecule has 0 aliphatic heterocycles. The Morgan fingerprint density at radius 2 is 2.08 bits per heavy atom. The first-order chi connectivity index (χ1) is 11.3. The molecule has 0 radical (unpaired) electrons. The number of hydrogen-bond donors (Lipinski definition) is 3. The van der Waals surface area contributed by atoms with Gasteiger partial charge in [-0.2, -0.15) is 13.2 Å². The van der Waals surface area contributed by atoms with E-state index in [1.165, 1.54) is 12.1 Å². The molecule has 1 aromatic rings. The summed E-state index contributed by atoms with van der Waals surface area (Å²) in [5.41, 5.74) is -1.07. The number of aliphatic hydroxyl groups is 1. The highest BCUT2D eigenvalue weighted by atomic mass is 19.4. The topological polar surface area (TPSA) is 70.6 Å². The summed E-state index contributed by atoms with van der Waals surface area (Å²) in [6, 6.07) is 3.91. The number of amides is 2. The van der Waals surface area contributed by atoms with Gasteiger partial charge in [0.25, 0.3) is 0 Å². The third-order valence-corrected chi connectivity index (χ3v) is 4.32. The number of halogens is 3. The number of methoxy groups -OCH3 is 1. The zero-order valence-corrected chi connectivity index (χ0v) is 13.3. The van der Waals surface area contributed by atoms with Gasteiger partial charge in [-0.05, 0) is 37.0 Å². The third kappa shape index (κ3) is 4.61. The molecule has 1 aliphatic carbocycles. The lowest BCUT2D eigenvalue weighted by Gasteiger charge is -2.40. The molecule has 0 heterocycles. The Hall–Kier alpha value is -1.80. The predicted molar refractivity (Wildman–Crippen MR) is 81.4 cm³/mol. The van der Waals surface area contributed by atoms with Crippen molar-refractivity contribution in [1.82, 2.24) is 10.6 Å². The summed E-state index contributed by atoms with van der Waals surface area (Å²) in [5.74, 6) is 0. The predicted octanol–water partition coefficient (Wildman–Crippen LogP) is 2.61. The number of ether oxygens (including phenoxy) is 1. The second kappa shape index (κ2) is 7.40. The summed E-state index contributed by atoms with van der Waals surface area (Å²) in [6.45, 7) is 0.169. The van der Waals surface area contributed by atoms with Gasteiger partial charge in [0.1, 0.15) is 0 Å². The largest absolute Gasteiger partial charge is 0.416 e. The number of carbonyl (C=O) groups is 1. The number of aliphatic hydroxyl groups excluding tert-OH is 1. The van der Waals surface area contributed by atoms with Gasteiger partial charge in [-0.15, -0.1) is 0 Å². The molecule has 3 N–H and O–H groups in total. The second-order valence-electron chi connectivity index (χ2n) is 5.94. The number of hydrogen-bond acceptors (Lipinski definition) is 3. The average molecular weight is 346 g/mol. The highest BCUT2D eigenvalue weighted by Crippen LogP contribution is 2.34. The molecule has 1 aromatic carbocycles. The first kappa shape index (κ1) is 18.5. The zero-order valence-electron chi connectivity index (χ0n) is 13.3. The molecule has 1 aliphatic rings. The Bertz CT molecular complexity index is 568. The molecule has 2 rings (SSSR count). The van der Waals surface area contributed by atoms with Gasteiger partial charge in [0.05, 0.1) is 17.3 Å². The summed E-state index contributed by atoms with van der Waals surface area (Å²) in [7, 11) is 1.59. The lowest BCUT2D eigenvalue weighted by molar-refractivity contribution is -0.137. The fourth-order valence-electron chi connectivity index (χ4n) is 2.56. The summed E-state index contributed by atoms with van der Waals surface area (Å²) in [6.07, 6.45) is -2.91. The quantitative estimate of drug-likeness (QED) is 0.742. The van der Waals surface area contributed by atoms with E-state index in [4.69, 9.17) is 4.74 Å². The van der Waals surface area contributed by atoms with Crippen molar-refractivity contribution in [3.05, 3.63) is 35.4 Å². The lowest BCUT2D eigenvalue weighted by Crippen LogP contribution is -2.51. The van der Waals surface area contributed by atoms with E-state index in [2.05, 4.69) is 10.6 Å². The number of benzene rings is 1. The highest BCUT2D eigenvalue weighted by Gasteiger charge is 2.37. The van der Waals surface area contributed by atoms with Gasteiger partial charge in [-0.1, -0.05) is 12.1 Å². The van der Waals surface area contributed by atoms with Crippen LogP contribution in [0.5, 0.6) is 0 Å². The molecular weight excluding hydrogens is 325 g/mol. The minimum absolute atomic E-state index is 0.0949. The van der Waals surface area contributed by atoms with Crippen molar-refractivity contribution in [1.29, 1.82) is 0 Å². The molecule has 1 fully saturated rings. The van der Waals surface area contributed by atoms with E-state index in [-0.39, 0.29) is 17.7 Å². The number of urea groups is 1. The second-order valence-corrected chi connectivity index (χ2v) is 5.94. The van der Waals surface area contributed by atoms with Gasteiger partial charge >= 0.3 is 12.2 Å². The standard InChI is InChI=1S/C16H21F3N2O3/c1-24-15(6-3-7-15)10-21-14(23)20-9-13(22)11-4-2-5-12(8-11)16(17,18)19/h2,4-5,8,13,22H,3,6-7,9-10H2,1H3,(H2,20,21,23). The summed E-state index contributed by atoms with van der Waals surface area (Å²) < 4.78 is 43.3. The van der Waals surface area contributed by atoms with E-state index in [1.54, 1.807) is 7.11 Å². The van der Waals surface area contributed by atoms with E-state index >= 15 is 0 Å². The first-order valence-electron chi connectivity index (χ1n) is 7.68. The van der Waals surface area contributed by atoms with E-state index < -0.39 is 23.9 Å². The van der Waals surface area contributed by atoms with Gasteiger partial charge in [0.2, 0.25) is 0 Å². The van der Waals surface area contributed by atoms with E-state index in [9.17, 15) is 23.1 Å². The lowest BCUT2D eigenvalue weighted by atomic mass is 9.80. The van der Waals surface area contributed by atoms with Crippen molar-refractivity contribution in [2.75, 3.05) is 20.2 Å². The summed E-state index contributed by atoms with van der Waals surface area (Å²) in [5, 5.41) is 15.1. The van der Waals surface area contributed by atoms with Gasteiger partial charge in [0.15, 0.2) is 0 Å². The van der Waals surface area contributed by atoms with Crippen molar-refractivity contribution in [2.45, 2.75) is 37.1 Å². The van der Waals surface area contributed by atoms with Crippen molar-refractivity contribution in [2.24, 2.45) is 0 Å². The fraction of sp³-hybridized carbons (Fsp3) is 0.562. The smallest absolute Gasteiger partial charge is 0.387 e. The van der Waals surface area contributed by atoms with Crippen molar-refractivity contribution in [3.8, 4) is 0 Å². The average Bonchev–Trinajstić information content (AvgIpc) is 2.51. The van der Waals surface area contributed by atoms with Gasteiger partial charge in [0, 0.05) is 20.2 Å². The summed E-state index contributed by atoms with van der Waals surface area (Å²) >= 11 is 0. The van der Waals surface area contributed by atoms with Crippen LogP contribution in [0, 0.1) is 0 Å². The van der Waals surface area contributed by atoms with Crippen molar-refractivity contribution >= 4 is 6.03 Å². The molecule has 24 heavy (non-hydrogen) atoms. The first-order valence-corrected chi connectivity index (χ1v) is 7.68. The molecule has 1 atom stereocenters. The molecule has 8 heteroatoms. The Balaban J connectivity index is 1.82. The number of nitrogens with one attached hydrogen (secondary N) is 2. The molecule has 0 saturated heterocycles.